The van der Waals surface area contributed by atoms with E-state index < -0.39 is 39.7 Å². The summed E-state index contributed by atoms with van der Waals surface area (Å²) in [6.07, 6.45) is 6.56. The topological polar surface area (TPSA) is 145 Å². The van der Waals surface area contributed by atoms with E-state index >= 15 is 0 Å². The normalized spacial score (nSPS) is 47.9. The Morgan fingerprint density at radius 3 is 2.32 bits per heavy atom. The molecule has 4 fully saturated rings. The fourth-order valence-corrected chi connectivity index (χ4v) is 9.61. The van der Waals surface area contributed by atoms with Crippen LogP contribution in [0.15, 0.2) is 12.2 Å². The third kappa shape index (κ3) is 5.07. The fourth-order valence-electron chi connectivity index (χ4n) is 9.28. The second kappa shape index (κ2) is 10.1. The summed E-state index contributed by atoms with van der Waals surface area (Å²) in [5.74, 6) is 0.626. The van der Waals surface area contributed by atoms with Gasteiger partial charge in [0.25, 0.3) is 0 Å². The summed E-state index contributed by atoms with van der Waals surface area (Å²) in [4.78, 5) is 0. The SMILES string of the molecule is CC(C)[C@@H](/C=C/[C@@H](C)[C@H]1C[C@H](O)C2C3C[C@@H](O)[C@@]4(O)C[C@@H](O)CC[C@]4(C)C3CC[C@@]21C)COS(=O)(=O)O. The summed E-state index contributed by atoms with van der Waals surface area (Å²) in [5, 5.41) is 44.6. The summed E-state index contributed by atoms with van der Waals surface area (Å²) in [5.41, 5.74) is -1.91. The van der Waals surface area contributed by atoms with Crippen LogP contribution in [0, 0.1) is 52.3 Å². The Balaban J connectivity index is 1.55. The van der Waals surface area contributed by atoms with Crippen LogP contribution in [0.4, 0.5) is 0 Å². The van der Waals surface area contributed by atoms with Crippen molar-refractivity contribution in [3.8, 4) is 0 Å². The molecule has 5 N–H and O–H groups in total. The van der Waals surface area contributed by atoms with Crippen LogP contribution in [0.2, 0.25) is 0 Å². The predicted molar refractivity (Wildman–Crippen MR) is 140 cm³/mol. The maximum atomic E-state index is 11.7. The minimum atomic E-state index is -4.50. The molecule has 0 aromatic heterocycles. The monoisotopic (exact) mass is 544 g/mol. The Morgan fingerprint density at radius 2 is 1.70 bits per heavy atom. The third-order valence-electron chi connectivity index (χ3n) is 11.5. The van der Waals surface area contributed by atoms with E-state index in [9.17, 15) is 28.8 Å². The van der Waals surface area contributed by atoms with E-state index in [4.69, 9.17) is 4.55 Å². The van der Waals surface area contributed by atoms with Crippen molar-refractivity contribution in [3.63, 3.8) is 0 Å². The molecule has 4 saturated carbocycles. The van der Waals surface area contributed by atoms with Gasteiger partial charge in [0.1, 0.15) is 0 Å². The van der Waals surface area contributed by atoms with Gasteiger partial charge in [0.05, 0.1) is 30.5 Å². The van der Waals surface area contributed by atoms with Crippen molar-refractivity contribution in [1.29, 1.82) is 0 Å². The highest BCUT2D eigenvalue weighted by Crippen LogP contribution is 2.69. The largest absolute Gasteiger partial charge is 0.397 e. The molecule has 4 aliphatic carbocycles. The van der Waals surface area contributed by atoms with Crippen LogP contribution in [-0.4, -0.2) is 63.9 Å². The molecule has 0 heterocycles. The van der Waals surface area contributed by atoms with Crippen molar-refractivity contribution in [3.05, 3.63) is 12.2 Å². The molecule has 0 aliphatic heterocycles. The summed E-state index contributed by atoms with van der Waals surface area (Å²) < 4.78 is 35.7. The summed E-state index contributed by atoms with van der Waals surface area (Å²) >= 11 is 0. The molecule has 214 valence electrons. The molecule has 0 aromatic carbocycles. The summed E-state index contributed by atoms with van der Waals surface area (Å²) in [6, 6.07) is 0. The molecule has 0 radical (unpaired) electrons. The van der Waals surface area contributed by atoms with Crippen LogP contribution >= 0.6 is 0 Å². The molecule has 37 heavy (non-hydrogen) atoms. The van der Waals surface area contributed by atoms with Crippen LogP contribution in [0.1, 0.15) is 79.6 Å². The van der Waals surface area contributed by atoms with E-state index in [1.807, 2.05) is 19.9 Å². The summed E-state index contributed by atoms with van der Waals surface area (Å²) in [7, 11) is -4.50. The van der Waals surface area contributed by atoms with Crippen molar-refractivity contribution in [2.45, 2.75) is 103 Å². The highest BCUT2D eigenvalue weighted by Gasteiger charge is 2.68. The first kappa shape index (κ1) is 29.4. The molecule has 0 saturated heterocycles. The molecule has 4 rings (SSSR count). The Morgan fingerprint density at radius 1 is 1.03 bits per heavy atom. The van der Waals surface area contributed by atoms with E-state index in [2.05, 4.69) is 31.0 Å². The van der Waals surface area contributed by atoms with Crippen molar-refractivity contribution < 1.29 is 37.6 Å². The standard InChI is InChI=1S/C28H48O8S/c1-16(2)18(15-36-37(33,34)35)7-6-17(3)22-13-23(30)25-20-12-24(31)28(32)14-19(29)8-11-27(28,5)21(20)9-10-26(22,25)4/h6-7,16-25,29-32H,8-15H2,1-5H3,(H,33,34,35)/b7-6+/t17-,18+,19+,20?,21?,22-,23+,24-,25?,26-,27-,28+/m1/s1. The van der Waals surface area contributed by atoms with Crippen molar-refractivity contribution in [2.75, 3.05) is 6.61 Å². The Kier molecular flexibility index (Phi) is 8.06. The molecule has 4 aliphatic rings. The van der Waals surface area contributed by atoms with Crippen LogP contribution in [0.5, 0.6) is 0 Å². The Bertz CT molecular complexity index is 967. The molecule has 0 aromatic rings. The van der Waals surface area contributed by atoms with Gasteiger partial charge in [-0.05, 0) is 79.4 Å². The van der Waals surface area contributed by atoms with Gasteiger partial charge in [-0.3, -0.25) is 4.55 Å². The van der Waals surface area contributed by atoms with E-state index in [1.165, 1.54) is 0 Å². The van der Waals surface area contributed by atoms with E-state index in [0.29, 0.717) is 25.7 Å². The number of rotatable bonds is 7. The van der Waals surface area contributed by atoms with Crippen molar-refractivity contribution in [1.82, 2.24) is 0 Å². The lowest BCUT2D eigenvalue weighted by Crippen LogP contribution is -2.69. The van der Waals surface area contributed by atoms with Gasteiger partial charge in [0.2, 0.25) is 0 Å². The number of hydrogen-bond donors (Lipinski definition) is 5. The number of hydrogen-bond acceptors (Lipinski definition) is 7. The molecule has 12 atom stereocenters. The highest BCUT2D eigenvalue weighted by molar-refractivity contribution is 7.80. The predicted octanol–water partition coefficient (Wildman–Crippen LogP) is 3.35. The second-order valence-corrected chi connectivity index (χ2v) is 14.7. The molecule has 3 unspecified atom stereocenters. The lowest BCUT2D eigenvalue weighted by molar-refractivity contribution is -0.268. The smallest absolute Gasteiger partial charge is 0.393 e. The molecule has 0 spiro atoms. The number of aliphatic hydroxyl groups excluding tert-OH is 3. The van der Waals surface area contributed by atoms with Gasteiger partial charge in [-0.25, -0.2) is 4.18 Å². The molecular weight excluding hydrogens is 496 g/mol. The first-order chi connectivity index (χ1) is 17.0. The van der Waals surface area contributed by atoms with E-state index in [-0.39, 0.29) is 59.9 Å². The first-order valence-corrected chi connectivity index (χ1v) is 15.5. The van der Waals surface area contributed by atoms with Crippen molar-refractivity contribution >= 4 is 10.4 Å². The quantitative estimate of drug-likeness (QED) is 0.242. The van der Waals surface area contributed by atoms with Gasteiger partial charge in [-0.1, -0.05) is 46.8 Å². The minimum Gasteiger partial charge on any atom is -0.393 e. The van der Waals surface area contributed by atoms with Crippen molar-refractivity contribution in [2.24, 2.45) is 52.3 Å². The van der Waals surface area contributed by atoms with Gasteiger partial charge >= 0.3 is 10.4 Å². The lowest BCUT2D eigenvalue weighted by Gasteiger charge is -2.65. The number of aliphatic hydroxyl groups is 4. The molecule has 8 nitrogen and oxygen atoms in total. The van der Waals surface area contributed by atoms with Gasteiger partial charge in [0, 0.05) is 17.8 Å². The van der Waals surface area contributed by atoms with Gasteiger partial charge in [-0.15, -0.1) is 0 Å². The maximum Gasteiger partial charge on any atom is 0.397 e. The van der Waals surface area contributed by atoms with Gasteiger partial charge in [0.15, 0.2) is 0 Å². The zero-order chi connectivity index (χ0) is 27.6. The average molecular weight is 545 g/mol. The fraction of sp³-hybridized carbons (Fsp3) is 0.929. The van der Waals surface area contributed by atoms with Gasteiger partial charge < -0.3 is 20.4 Å². The first-order valence-electron chi connectivity index (χ1n) is 14.1. The Hall–Kier alpha value is -0.550. The van der Waals surface area contributed by atoms with Crippen LogP contribution in [0.3, 0.4) is 0 Å². The molecule has 9 heteroatoms. The molecule has 0 bridgehead atoms. The maximum absolute atomic E-state index is 11.7. The van der Waals surface area contributed by atoms with Gasteiger partial charge in [-0.2, -0.15) is 8.42 Å². The zero-order valence-electron chi connectivity index (χ0n) is 23.0. The number of fused-ring (bicyclic) bond motifs is 5. The average Bonchev–Trinajstić information content (AvgIpc) is 3.05. The highest BCUT2D eigenvalue weighted by atomic mass is 32.3. The lowest BCUT2D eigenvalue weighted by atomic mass is 9.42. The van der Waals surface area contributed by atoms with E-state index in [1.54, 1.807) is 0 Å². The van der Waals surface area contributed by atoms with Crippen LogP contribution in [0.25, 0.3) is 0 Å². The number of allylic oxidation sites excluding steroid dienone is 1. The third-order valence-corrected chi connectivity index (χ3v) is 11.9. The second-order valence-electron chi connectivity index (χ2n) is 13.6. The van der Waals surface area contributed by atoms with Crippen LogP contribution in [-0.2, 0) is 14.6 Å². The Labute approximate surface area is 222 Å². The zero-order valence-corrected chi connectivity index (χ0v) is 23.8. The summed E-state index contributed by atoms with van der Waals surface area (Å²) in [6.45, 7) is 10.3. The molecule has 0 amide bonds. The van der Waals surface area contributed by atoms with Crippen LogP contribution < -0.4 is 0 Å². The molecular formula is C28H48O8S. The van der Waals surface area contributed by atoms with E-state index in [0.717, 1.165) is 12.8 Å². The minimum absolute atomic E-state index is 0.0266.